The minimum absolute atomic E-state index is 0.133. The Kier molecular flexibility index (Phi) is 5.51. The summed E-state index contributed by atoms with van der Waals surface area (Å²) in [7, 11) is 0. The summed E-state index contributed by atoms with van der Waals surface area (Å²) < 4.78 is 29.6. The van der Waals surface area contributed by atoms with Gasteiger partial charge in [0.1, 0.15) is 29.0 Å². The van der Waals surface area contributed by atoms with E-state index in [0.717, 1.165) is 0 Å². The Morgan fingerprint density at radius 2 is 1.90 bits per heavy atom. The summed E-state index contributed by atoms with van der Waals surface area (Å²) in [6, 6.07) is 12.8. The third-order valence-electron chi connectivity index (χ3n) is 4.16. The summed E-state index contributed by atoms with van der Waals surface area (Å²) in [4.78, 5) is 20.5. The maximum Gasteiger partial charge on any atom is 0.265 e. The van der Waals surface area contributed by atoms with E-state index >= 15 is 0 Å². The third-order valence-corrected chi connectivity index (χ3v) is 4.16. The standard InChI is InChI=1S/C21H17FN4O4/c1-2-28-16-6-4-3-5-15(16)25-17(27)11-29-20-18-19(13-7-9-14(22)10-8-13)26-30-21(18)24-12-23-20/h3-10,12H,2,11H2,1H3,(H,25,27). The van der Waals surface area contributed by atoms with Crippen LogP contribution in [0.5, 0.6) is 11.6 Å². The molecule has 1 amide bonds. The van der Waals surface area contributed by atoms with Gasteiger partial charge in [-0.2, -0.15) is 4.98 Å². The minimum Gasteiger partial charge on any atom is -0.492 e. The summed E-state index contributed by atoms with van der Waals surface area (Å²) in [5.74, 6) is -0.0683. The molecule has 9 heteroatoms. The molecular formula is C21H17FN4O4. The predicted octanol–water partition coefficient (Wildman–Crippen LogP) is 3.84. The number of benzene rings is 2. The number of aromatic nitrogens is 3. The van der Waals surface area contributed by atoms with Crippen molar-refractivity contribution in [2.24, 2.45) is 0 Å². The molecule has 0 spiro atoms. The monoisotopic (exact) mass is 408 g/mol. The number of amides is 1. The van der Waals surface area contributed by atoms with E-state index in [0.29, 0.717) is 34.7 Å². The number of halogens is 1. The molecule has 0 aliphatic carbocycles. The summed E-state index contributed by atoms with van der Waals surface area (Å²) >= 11 is 0. The fraction of sp³-hybridized carbons (Fsp3) is 0.143. The van der Waals surface area contributed by atoms with E-state index < -0.39 is 5.91 Å². The lowest BCUT2D eigenvalue weighted by molar-refractivity contribution is -0.118. The van der Waals surface area contributed by atoms with Crippen molar-refractivity contribution in [1.29, 1.82) is 0 Å². The van der Waals surface area contributed by atoms with E-state index in [2.05, 4.69) is 20.4 Å². The van der Waals surface area contributed by atoms with Crippen molar-refractivity contribution in [3.05, 3.63) is 60.7 Å². The number of fused-ring (bicyclic) bond motifs is 1. The largest absolute Gasteiger partial charge is 0.492 e. The second kappa shape index (κ2) is 8.56. The average molecular weight is 408 g/mol. The van der Waals surface area contributed by atoms with Crippen LogP contribution in [0.15, 0.2) is 59.4 Å². The summed E-state index contributed by atoms with van der Waals surface area (Å²) in [5, 5.41) is 7.13. The van der Waals surface area contributed by atoms with Crippen LogP contribution in [-0.4, -0.2) is 34.2 Å². The van der Waals surface area contributed by atoms with Gasteiger partial charge < -0.3 is 19.3 Å². The van der Waals surface area contributed by atoms with Crippen LogP contribution in [-0.2, 0) is 4.79 Å². The van der Waals surface area contributed by atoms with E-state index in [1.807, 2.05) is 13.0 Å². The minimum atomic E-state index is -0.395. The van der Waals surface area contributed by atoms with Crippen molar-refractivity contribution >= 4 is 22.7 Å². The maximum absolute atomic E-state index is 13.2. The number of rotatable bonds is 7. The van der Waals surface area contributed by atoms with E-state index in [4.69, 9.17) is 14.0 Å². The molecule has 4 rings (SSSR count). The van der Waals surface area contributed by atoms with Crippen molar-refractivity contribution in [2.45, 2.75) is 6.92 Å². The van der Waals surface area contributed by atoms with Gasteiger partial charge in [-0.3, -0.25) is 4.79 Å². The lowest BCUT2D eigenvalue weighted by Crippen LogP contribution is -2.21. The molecule has 2 heterocycles. The van der Waals surface area contributed by atoms with Crippen LogP contribution in [0.2, 0.25) is 0 Å². The van der Waals surface area contributed by atoms with Crippen LogP contribution in [0.25, 0.3) is 22.4 Å². The zero-order valence-electron chi connectivity index (χ0n) is 16.0. The normalized spacial score (nSPS) is 10.7. The van der Waals surface area contributed by atoms with Crippen molar-refractivity contribution in [1.82, 2.24) is 15.1 Å². The van der Waals surface area contributed by atoms with E-state index in [1.54, 1.807) is 30.3 Å². The van der Waals surface area contributed by atoms with Crippen LogP contribution < -0.4 is 14.8 Å². The summed E-state index contributed by atoms with van der Waals surface area (Å²) in [6.07, 6.45) is 1.25. The second-order valence-corrected chi connectivity index (χ2v) is 6.16. The number of ether oxygens (including phenoxy) is 2. The first kappa shape index (κ1) is 19.3. The summed E-state index contributed by atoms with van der Waals surface area (Å²) in [6.45, 7) is 2.03. The Bertz CT molecular complexity index is 1180. The molecule has 2 aromatic heterocycles. The van der Waals surface area contributed by atoms with Gasteiger partial charge in [-0.05, 0) is 43.3 Å². The lowest BCUT2D eigenvalue weighted by atomic mass is 10.1. The number of carbonyl (C=O) groups excluding carboxylic acids is 1. The molecule has 1 N–H and O–H groups in total. The molecule has 0 unspecified atom stereocenters. The third kappa shape index (κ3) is 4.04. The number of anilines is 1. The van der Waals surface area contributed by atoms with Gasteiger partial charge in [0, 0.05) is 5.56 Å². The second-order valence-electron chi connectivity index (χ2n) is 6.16. The van der Waals surface area contributed by atoms with Crippen molar-refractivity contribution < 1.29 is 23.2 Å². The van der Waals surface area contributed by atoms with Gasteiger partial charge in [-0.25, -0.2) is 9.37 Å². The first-order valence-corrected chi connectivity index (χ1v) is 9.16. The van der Waals surface area contributed by atoms with Crippen LogP contribution >= 0.6 is 0 Å². The highest BCUT2D eigenvalue weighted by molar-refractivity contribution is 5.95. The topological polar surface area (TPSA) is 99.4 Å². The fourth-order valence-corrected chi connectivity index (χ4v) is 2.85. The van der Waals surface area contributed by atoms with E-state index in [9.17, 15) is 9.18 Å². The van der Waals surface area contributed by atoms with Crippen molar-refractivity contribution in [2.75, 3.05) is 18.5 Å². The lowest BCUT2D eigenvalue weighted by Gasteiger charge is -2.11. The van der Waals surface area contributed by atoms with Crippen LogP contribution in [0, 0.1) is 5.82 Å². The number of carbonyl (C=O) groups is 1. The molecule has 0 saturated heterocycles. The van der Waals surface area contributed by atoms with Gasteiger partial charge in [0.2, 0.25) is 5.88 Å². The Morgan fingerprint density at radius 3 is 2.70 bits per heavy atom. The highest BCUT2D eigenvalue weighted by Gasteiger charge is 2.19. The number of nitrogens with one attached hydrogen (secondary N) is 1. The Morgan fingerprint density at radius 1 is 1.10 bits per heavy atom. The SMILES string of the molecule is CCOc1ccccc1NC(=O)COc1ncnc2onc(-c3ccc(F)cc3)c12. The van der Waals surface area contributed by atoms with E-state index in [1.165, 1.54) is 18.5 Å². The van der Waals surface area contributed by atoms with E-state index in [-0.39, 0.29) is 24.0 Å². The maximum atomic E-state index is 13.2. The van der Waals surface area contributed by atoms with Gasteiger partial charge in [0.25, 0.3) is 11.6 Å². The Labute approximate surface area is 170 Å². The Balaban J connectivity index is 1.54. The van der Waals surface area contributed by atoms with Crippen LogP contribution in [0.3, 0.4) is 0 Å². The molecule has 0 fully saturated rings. The van der Waals surface area contributed by atoms with Crippen LogP contribution in [0.1, 0.15) is 6.92 Å². The number of hydrogen-bond acceptors (Lipinski definition) is 7. The molecule has 0 aliphatic heterocycles. The molecule has 152 valence electrons. The molecule has 4 aromatic rings. The predicted molar refractivity (Wildman–Crippen MR) is 107 cm³/mol. The fourth-order valence-electron chi connectivity index (χ4n) is 2.85. The molecule has 8 nitrogen and oxygen atoms in total. The molecule has 0 saturated carbocycles. The number of para-hydroxylation sites is 2. The molecule has 0 bridgehead atoms. The number of nitrogens with zero attached hydrogens (tertiary/aromatic N) is 3. The zero-order chi connectivity index (χ0) is 20.9. The van der Waals surface area contributed by atoms with Crippen LogP contribution in [0.4, 0.5) is 10.1 Å². The quantitative estimate of drug-likeness (QED) is 0.496. The van der Waals surface area contributed by atoms with Crippen molar-refractivity contribution in [3.63, 3.8) is 0 Å². The highest BCUT2D eigenvalue weighted by Crippen LogP contribution is 2.32. The number of hydrogen-bond donors (Lipinski definition) is 1. The van der Waals surface area contributed by atoms with Gasteiger partial charge in [-0.1, -0.05) is 17.3 Å². The summed E-state index contributed by atoms with van der Waals surface area (Å²) in [5.41, 5.74) is 1.73. The smallest absolute Gasteiger partial charge is 0.265 e. The molecule has 0 radical (unpaired) electrons. The molecule has 0 atom stereocenters. The average Bonchev–Trinajstić information content (AvgIpc) is 3.19. The zero-order valence-corrected chi connectivity index (χ0v) is 16.0. The van der Waals surface area contributed by atoms with Gasteiger partial charge >= 0.3 is 0 Å². The van der Waals surface area contributed by atoms with Crippen molar-refractivity contribution in [3.8, 4) is 22.9 Å². The molecule has 30 heavy (non-hydrogen) atoms. The van der Waals surface area contributed by atoms with Gasteiger partial charge in [-0.15, -0.1) is 0 Å². The van der Waals surface area contributed by atoms with Gasteiger partial charge in [0.05, 0.1) is 12.3 Å². The molecule has 2 aromatic carbocycles. The van der Waals surface area contributed by atoms with Gasteiger partial charge in [0.15, 0.2) is 6.61 Å². The first-order valence-electron chi connectivity index (χ1n) is 9.16. The first-order chi connectivity index (χ1) is 14.7. The molecular weight excluding hydrogens is 391 g/mol. The molecule has 0 aliphatic rings. The Hall–Kier alpha value is -4.01. The highest BCUT2D eigenvalue weighted by atomic mass is 19.1.